The molecule has 3 aromatic rings. The summed E-state index contributed by atoms with van der Waals surface area (Å²) in [6.07, 6.45) is 0. The predicted octanol–water partition coefficient (Wildman–Crippen LogP) is 2.93. The molecule has 0 fully saturated rings. The zero-order valence-corrected chi connectivity index (χ0v) is 14.9. The van der Waals surface area contributed by atoms with E-state index in [4.69, 9.17) is 5.73 Å². The molecule has 0 saturated carbocycles. The zero-order chi connectivity index (χ0) is 18.5. The fraction of sp³-hybridized carbons (Fsp3) is 0.105. The number of amides is 1. The number of aromatic nitrogens is 2. The number of carbonyl (C=O) groups excluding carboxylic acids is 1. The molecule has 2 aromatic carbocycles. The summed E-state index contributed by atoms with van der Waals surface area (Å²) in [6, 6.07) is 19.8. The number of carbonyl (C=O) groups is 1. The molecule has 7 heteroatoms. The van der Waals surface area contributed by atoms with Gasteiger partial charge in [0.15, 0.2) is 5.16 Å². The average molecular weight is 366 g/mol. The van der Waals surface area contributed by atoms with Crippen LogP contribution < -0.4 is 16.6 Å². The lowest BCUT2D eigenvalue weighted by Crippen LogP contribution is -2.24. The van der Waals surface area contributed by atoms with E-state index >= 15 is 0 Å². The third kappa shape index (κ3) is 4.12. The maximum Gasteiger partial charge on any atom is 0.275 e. The quantitative estimate of drug-likeness (QED) is 0.535. The standard InChI is InChI=1S/C19H18N4O2S/c1-13(18(25)21-14-8-4-2-5-9-14)26-19-22-17(24)12-16(20)23(19)15-10-6-3-7-11-15/h2-13H,20H2,1H3,(H,21,25)/t13-/m0/s1. The number of para-hydroxylation sites is 2. The van der Waals surface area contributed by atoms with Crippen molar-refractivity contribution in [1.29, 1.82) is 0 Å². The van der Waals surface area contributed by atoms with Crippen LogP contribution in [0.3, 0.4) is 0 Å². The number of nitrogens with zero attached hydrogens (tertiary/aromatic N) is 2. The van der Waals surface area contributed by atoms with Crippen molar-refractivity contribution >= 4 is 29.2 Å². The number of nitrogen functional groups attached to an aromatic ring is 1. The highest BCUT2D eigenvalue weighted by atomic mass is 32.2. The second kappa shape index (κ2) is 7.88. The maximum atomic E-state index is 12.5. The molecule has 132 valence electrons. The lowest BCUT2D eigenvalue weighted by Gasteiger charge is -2.17. The summed E-state index contributed by atoms with van der Waals surface area (Å²) in [5.41, 5.74) is 7.09. The molecule has 3 rings (SSSR count). The smallest absolute Gasteiger partial charge is 0.275 e. The minimum absolute atomic E-state index is 0.183. The zero-order valence-electron chi connectivity index (χ0n) is 14.1. The molecule has 1 amide bonds. The Balaban J connectivity index is 1.87. The highest BCUT2D eigenvalue weighted by Crippen LogP contribution is 2.26. The van der Waals surface area contributed by atoms with Crippen molar-refractivity contribution in [3.8, 4) is 5.69 Å². The number of benzene rings is 2. The number of nitrogens with one attached hydrogen (secondary N) is 1. The van der Waals surface area contributed by atoms with Crippen LogP contribution >= 0.6 is 11.8 Å². The number of nitrogens with two attached hydrogens (primary N) is 1. The summed E-state index contributed by atoms with van der Waals surface area (Å²) < 4.78 is 1.67. The minimum Gasteiger partial charge on any atom is -0.385 e. The lowest BCUT2D eigenvalue weighted by molar-refractivity contribution is -0.115. The van der Waals surface area contributed by atoms with Crippen LogP contribution in [0.2, 0.25) is 0 Å². The van der Waals surface area contributed by atoms with Crippen LogP contribution in [0, 0.1) is 0 Å². The molecule has 0 unspecified atom stereocenters. The maximum absolute atomic E-state index is 12.5. The molecular weight excluding hydrogens is 348 g/mol. The Kier molecular flexibility index (Phi) is 5.38. The fourth-order valence-electron chi connectivity index (χ4n) is 2.37. The first kappa shape index (κ1) is 17.8. The van der Waals surface area contributed by atoms with Crippen LogP contribution in [0.1, 0.15) is 6.92 Å². The van der Waals surface area contributed by atoms with Gasteiger partial charge in [0.2, 0.25) is 5.91 Å². The largest absolute Gasteiger partial charge is 0.385 e. The summed E-state index contributed by atoms with van der Waals surface area (Å²) >= 11 is 1.18. The summed E-state index contributed by atoms with van der Waals surface area (Å²) in [7, 11) is 0. The van der Waals surface area contributed by atoms with Crippen molar-refractivity contribution in [3.05, 3.63) is 77.1 Å². The highest BCUT2D eigenvalue weighted by Gasteiger charge is 2.19. The van der Waals surface area contributed by atoms with E-state index in [1.807, 2.05) is 60.7 Å². The van der Waals surface area contributed by atoms with Crippen molar-refractivity contribution in [2.75, 3.05) is 11.1 Å². The lowest BCUT2D eigenvalue weighted by atomic mass is 10.3. The summed E-state index contributed by atoms with van der Waals surface area (Å²) in [4.78, 5) is 28.3. The Labute approximate surface area is 155 Å². The van der Waals surface area contributed by atoms with Gasteiger partial charge in [0.25, 0.3) is 5.56 Å². The van der Waals surface area contributed by atoms with E-state index in [1.54, 1.807) is 11.5 Å². The van der Waals surface area contributed by atoms with Gasteiger partial charge in [-0.3, -0.25) is 14.2 Å². The SMILES string of the molecule is C[C@H](Sc1nc(=O)cc(N)n1-c1ccccc1)C(=O)Nc1ccccc1. The van der Waals surface area contributed by atoms with Gasteiger partial charge in [-0.15, -0.1) is 0 Å². The molecule has 26 heavy (non-hydrogen) atoms. The predicted molar refractivity (Wildman–Crippen MR) is 105 cm³/mol. The molecule has 3 N–H and O–H groups in total. The van der Waals surface area contributed by atoms with Gasteiger partial charge >= 0.3 is 0 Å². The monoisotopic (exact) mass is 366 g/mol. The van der Waals surface area contributed by atoms with Crippen LogP contribution in [0.15, 0.2) is 76.7 Å². The van der Waals surface area contributed by atoms with Crippen LogP contribution in [0.5, 0.6) is 0 Å². The van der Waals surface area contributed by atoms with E-state index in [1.165, 1.54) is 17.8 Å². The van der Waals surface area contributed by atoms with Gasteiger partial charge in [-0.25, -0.2) is 0 Å². The average Bonchev–Trinajstić information content (AvgIpc) is 2.63. The van der Waals surface area contributed by atoms with Crippen LogP contribution in [0.4, 0.5) is 11.5 Å². The van der Waals surface area contributed by atoms with Crippen molar-refractivity contribution < 1.29 is 4.79 Å². The van der Waals surface area contributed by atoms with Gasteiger partial charge in [-0.05, 0) is 31.2 Å². The van der Waals surface area contributed by atoms with Crippen molar-refractivity contribution in [2.45, 2.75) is 17.3 Å². The Morgan fingerprint density at radius 2 is 1.73 bits per heavy atom. The first-order valence-electron chi connectivity index (χ1n) is 8.02. The first-order valence-corrected chi connectivity index (χ1v) is 8.90. The molecule has 0 spiro atoms. The normalized spacial score (nSPS) is 11.7. The Hall–Kier alpha value is -3.06. The highest BCUT2D eigenvalue weighted by molar-refractivity contribution is 8.00. The molecule has 0 radical (unpaired) electrons. The van der Waals surface area contributed by atoms with Gasteiger partial charge < -0.3 is 11.1 Å². The molecule has 0 bridgehead atoms. The molecule has 1 atom stereocenters. The van der Waals surface area contributed by atoms with Gasteiger partial charge in [-0.2, -0.15) is 4.98 Å². The fourth-order valence-corrected chi connectivity index (χ4v) is 3.31. The molecule has 0 saturated heterocycles. The Morgan fingerprint density at radius 1 is 1.12 bits per heavy atom. The van der Waals surface area contributed by atoms with Gasteiger partial charge in [0.1, 0.15) is 5.82 Å². The third-order valence-corrected chi connectivity index (χ3v) is 4.69. The molecule has 0 aliphatic rings. The van der Waals surface area contributed by atoms with Gasteiger partial charge in [-0.1, -0.05) is 48.2 Å². The molecule has 1 heterocycles. The molecule has 0 aliphatic carbocycles. The summed E-state index contributed by atoms with van der Waals surface area (Å²) in [5.74, 6) is 0.0897. The minimum atomic E-state index is -0.473. The number of hydrogen-bond donors (Lipinski definition) is 2. The second-order valence-electron chi connectivity index (χ2n) is 5.59. The van der Waals surface area contributed by atoms with Crippen LogP contribution in [0.25, 0.3) is 5.69 Å². The van der Waals surface area contributed by atoms with E-state index < -0.39 is 10.8 Å². The van der Waals surface area contributed by atoms with Crippen molar-refractivity contribution in [1.82, 2.24) is 9.55 Å². The number of thioether (sulfide) groups is 1. The van der Waals surface area contributed by atoms with Crippen LogP contribution in [-0.2, 0) is 4.79 Å². The van der Waals surface area contributed by atoms with Gasteiger partial charge in [0.05, 0.1) is 5.25 Å². The van der Waals surface area contributed by atoms with Crippen LogP contribution in [-0.4, -0.2) is 20.7 Å². The van der Waals surface area contributed by atoms with Gasteiger partial charge in [0, 0.05) is 17.4 Å². The number of rotatable bonds is 5. The van der Waals surface area contributed by atoms with E-state index in [9.17, 15) is 9.59 Å². The Morgan fingerprint density at radius 3 is 2.38 bits per heavy atom. The molecular formula is C19H18N4O2S. The second-order valence-corrected chi connectivity index (χ2v) is 6.90. The van der Waals surface area contributed by atoms with E-state index in [0.29, 0.717) is 10.8 Å². The summed E-state index contributed by atoms with van der Waals surface area (Å²) in [6.45, 7) is 1.76. The van der Waals surface area contributed by atoms with Crippen molar-refractivity contribution in [3.63, 3.8) is 0 Å². The number of anilines is 2. The van der Waals surface area contributed by atoms with E-state index in [-0.39, 0.29) is 11.7 Å². The Bertz CT molecular complexity index is 958. The first-order chi connectivity index (χ1) is 12.5. The molecule has 0 aliphatic heterocycles. The van der Waals surface area contributed by atoms with E-state index in [0.717, 1.165) is 5.69 Å². The van der Waals surface area contributed by atoms with E-state index in [2.05, 4.69) is 10.3 Å². The topological polar surface area (TPSA) is 90.0 Å². The van der Waals surface area contributed by atoms with Crippen molar-refractivity contribution in [2.24, 2.45) is 0 Å². The summed E-state index contributed by atoms with van der Waals surface area (Å²) in [5, 5.41) is 2.74. The number of hydrogen-bond acceptors (Lipinski definition) is 5. The third-order valence-electron chi connectivity index (χ3n) is 3.63. The molecule has 1 aromatic heterocycles. The molecule has 6 nitrogen and oxygen atoms in total.